The van der Waals surface area contributed by atoms with Crippen LogP contribution in [0, 0.1) is 0 Å². The van der Waals surface area contributed by atoms with Crippen LogP contribution in [0.5, 0.6) is 0 Å². The lowest BCUT2D eigenvalue weighted by Crippen LogP contribution is -1.88. The minimum atomic E-state index is 0.753. The molecule has 0 aliphatic rings. The van der Waals surface area contributed by atoms with Gasteiger partial charge in [0.15, 0.2) is 5.65 Å². The predicted molar refractivity (Wildman–Crippen MR) is 38.5 cm³/mol. The van der Waals surface area contributed by atoms with Crippen LogP contribution in [0.2, 0.25) is 0 Å². The number of nitrogens with zero attached hydrogens (tertiary/aromatic N) is 4. The Morgan fingerprint density at radius 2 is 2.30 bits per heavy atom. The van der Waals surface area contributed by atoms with Crippen molar-refractivity contribution in [3.63, 3.8) is 0 Å². The normalized spacial score (nSPS) is 10.5. The second-order valence-corrected chi connectivity index (χ2v) is 2.72. The molecule has 2 aromatic heterocycles. The molecule has 0 spiro atoms. The maximum Gasteiger partial charge on any atom is 0.175 e. The molecular weight excluding hydrogens is 196 g/mol. The lowest BCUT2D eigenvalue weighted by molar-refractivity contribution is 0.843. The number of fused-ring (bicyclic) bond motifs is 1. The maximum absolute atomic E-state index is 4.03. The van der Waals surface area contributed by atoms with Crippen LogP contribution in [0.3, 0.4) is 0 Å². The van der Waals surface area contributed by atoms with E-state index in [1.165, 1.54) is 0 Å². The second-order valence-electron chi connectivity index (χ2n) is 1.81. The Hall–Kier alpha value is -0.970. The van der Waals surface area contributed by atoms with Crippen molar-refractivity contribution < 1.29 is 0 Å². The fourth-order valence-electron chi connectivity index (χ4n) is 0.700. The van der Waals surface area contributed by atoms with Crippen molar-refractivity contribution in [1.82, 2.24) is 19.8 Å². The highest BCUT2D eigenvalue weighted by molar-refractivity contribution is 9.10. The third-order valence-corrected chi connectivity index (χ3v) is 1.53. The van der Waals surface area contributed by atoms with Gasteiger partial charge in [0, 0.05) is 12.4 Å². The summed E-state index contributed by atoms with van der Waals surface area (Å²) >= 11 is 3.27. The van der Waals surface area contributed by atoms with Crippen LogP contribution in [0.1, 0.15) is 0 Å². The first-order valence-electron chi connectivity index (χ1n) is 2.68. The smallest absolute Gasteiger partial charge is 0.175 e. The van der Waals surface area contributed by atoms with Gasteiger partial charge in [0.2, 0.25) is 0 Å². The van der Waals surface area contributed by atoms with E-state index in [1.807, 2.05) is 0 Å². The monoisotopic (exact) mass is 198 g/mol. The van der Waals surface area contributed by atoms with Gasteiger partial charge in [0.05, 0.1) is 10.7 Å². The molecule has 0 amide bonds. The first-order valence-corrected chi connectivity index (χ1v) is 3.47. The zero-order chi connectivity index (χ0) is 6.97. The molecule has 0 fully saturated rings. The average Bonchev–Trinajstić information content (AvgIpc) is 2.33. The van der Waals surface area contributed by atoms with Gasteiger partial charge in [-0.15, -0.1) is 5.10 Å². The molecule has 0 aromatic carbocycles. The number of hydrogen-bond donors (Lipinski definition) is 0. The first kappa shape index (κ1) is 5.79. The SMILES string of the molecule is Brc1cnc2cnnn2c1. The fourth-order valence-corrected chi connectivity index (χ4v) is 0.997. The first-order chi connectivity index (χ1) is 4.86. The molecule has 0 aliphatic heterocycles. The zero-order valence-corrected chi connectivity index (χ0v) is 6.48. The van der Waals surface area contributed by atoms with Gasteiger partial charge in [-0.3, -0.25) is 0 Å². The van der Waals surface area contributed by atoms with Crippen LogP contribution in [-0.4, -0.2) is 19.8 Å². The van der Waals surface area contributed by atoms with Crippen LogP contribution in [-0.2, 0) is 0 Å². The van der Waals surface area contributed by atoms with Gasteiger partial charge in [0.1, 0.15) is 0 Å². The van der Waals surface area contributed by atoms with Gasteiger partial charge in [0.25, 0.3) is 0 Å². The summed E-state index contributed by atoms with van der Waals surface area (Å²) in [6.45, 7) is 0. The van der Waals surface area contributed by atoms with E-state index in [9.17, 15) is 0 Å². The highest BCUT2D eigenvalue weighted by Gasteiger charge is 1.93. The summed E-state index contributed by atoms with van der Waals surface area (Å²) in [6, 6.07) is 0. The Labute approximate surface area is 65.0 Å². The van der Waals surface area contributed by atoms with Crippen molar-refractivity contribution in [1.29, 1.82) is 0 Å². The molecule has 0 N–H and O–H groups in total. The Morgan fingerprint density at radius 3 is 3.20 bits per heavy atom. The van der Waals surface area contributed by atoms with E-state index in [0.29, 0.717) is 0 Å². The van der Waals surface area contributed by atoms with Gasteiger partial charge < -0.3 is 0 Å². The molecule has 10 heavy (non-hydrogen) atoms. The molecule has 0 saturated carbocycles. The summed E-state index contributed by atoms with van der Waals surface area (Å²) in [5, 5.41) is 7.43. The van der Waals surface area contributed by atoms with Crippen molar-refractivity contribution in [2.24, 2.45) is 0 Å². The topological polar surface area (TPSA) is 43.1 Å². The minimum Gasteiger partial charge on any atom is -0.234 e. The molecule has 0 bridgehead atoms. The number of halogens is 1. The molecule has 2 heterocycles. The largest absolute Gasteiger partial charge is 0.234 e. The van der Waals surface area contributed by atoms with E-state index in [-0.39, 0.29) is 0 Å². The van der Waals surface area contributed by atoms with E-state index >= 15 is 0 Å². The van der Waals surface area contributed by atoms with Gasteiger partial charge in [-0.1, -0.05) is 5.21 Å². The third kappa shape index (κ3) is 0.786. The summed E-state index contributed by atoms with van der Waals surface area (Å²) in [6.07, 6.45) is 5.11. The molecule has 0 unspecified atom stereocenters. The second kappa shape index (κ2) is 2.02. The number of rotatable bonds is 0. The Morgan fingerprint density at radius 1 is 1.40 bits per heavy atom. The number of aromatic nitrogens is 4. The quantitative estimate of drug-likeness (QED) is 0.632. The summed E-state index contributed by atoms with van der Waals surface area (Å²) in [5.41, 5.74) is 0.753. The van der Waals surface area contributed by atoms with E-state index < -0.39 is 0 Å². The Kier molecular flexibility index (Phi) is 1.17. The molecule has 2 rings (SSSR count). The van der Waals surface area contributed by atoms with Crippen LogP contribution in [0.15, 0.2) is 23.1 Å². The lowest BCUT2D eigenvalue weighted by atomic mass is 10.6. The van der Waals surface area contributed by atoms with Crippen molar-refractivity contribution in [2.45, 2.75) is 0 Å². The van der Waals surface area contributed by atoms with Gasteiger partial charge in [-0.2, -0.15) is 0 Å². The van der Waals surface area contributed by atoms with Crippen LogP contribution >= 0.6 is 15.9 Å². The van der Waals surface area contributed by atoms with Crippen molar-refractivity contribution >= 4 is 21.6 Å². The minimum absolute atomic E-state index is 0.753. The predicted octanol–water partition coefficient (Wildman–Crippen LogP) is 0.887. The highest BCUT2D eigenvalue weighted by Crippen LogP contribution is 2.06. The lowest BCUT2D eigenvalue weighted by Gasteiger charge is -1.88. The highest BCUT2D eigenvalue weighted by atomic mass is 79.9. The molecule has 4 nitrogen and oxygen atoms in total. The molecule has 0 saturated heterocycles. The third-order valence-electron chi connectivity index (χ3n) is 1.12. The molecule has 2 aromatic rings. The van der Waals surface area contributed by atoms with Gasteiger partial charge in [-0.05, 0) is 15.9 Å². The molecule has 0 radical (unpaired) electrons. The Balaban J connectivity index is 2.86. The van der Waals surface area contributed by atoms with Crippen LogP contribution in [0.4, 0.5) is 0 Å². The van der Waals surface area contributed by atoms with Crippen molar-refractivity contribution in [3.05, 3.63) is 23.1 Å². The van der Waals surface area contributed by atoms with E-state index in [0.717, 1.165) is 10.1 Å². The summed E-state index contributed by atoms with van der Waals surface area (Å²) in [4.78, 5) is 4.03. The molecule has 0 aliphatic carbocycles. The zero-order valence-electron chi connectivity index (χ0n) is 4.90. The average molecular weight is 199 g/mol. The molecule has 5 heteroatoms. The summed E-state index contributed by atoms with van der Waals surface area (Å²) in [5.74, 6) is 0. The van der Waals surface area contributed by atoms with Crippen molar-refractivity contribution in [3.8, 4) is 0 Å². The number of hydrogen-bond acceptors (Lipinski definition) is 3. The molecule has 0 atom stereocenters. The van der Waals surface area contributed by atoms with E-state index in [4.69, 9.17) is 0 Å². The Bertz CT molecular complexity index is 355. The van der Waals surface area contributed by atoms with Crippen LogP contribution < -0.4 is 0 Å². The molecule has 50 valence electrons. The van der Waals surface area contributed by atoms with E-state index in [2.05, 4.69) is 31.2 Å². The van der Waals surface area contributed by atoms with Crippen LogP contribution in [0.25, 0.3) is 5.65 Å². The van der Waals surface area contributed by atoms with Gasteiger partial charge >= 0.3 is 0 Å². The fraction of sp³-hybridized carbons (Fsp3) is 0. The molecular formula is C5H3BrN4. The maximum atomic E-state index is 4.03. The van der Waals surface area contributed by atoms with Gasteiger partial charge in [-0.25, -0.2) is 9.50 Å². The standard InChI is InChI=1S/C5H3BrN4/c6-4-1-7-5-2-8-9-10(5)3-4/h1-3H. The summed E-state index contributed by atoms with van der Waals surface area (Å²) in [7, 11) is 0. The van der Waals surface area contributed by atoms with Crippen molar-refractivity contribution in [2.75, 3.05) is 0 Å². The summed E-state index contributed by atoms with van der Waals surface area (Å²) < 4.78 is 2.50. The van der Waals surface area contributed by atoms with E-state index in [1.54, 1.807) is 23.1 Å².